The number of nitrogens with two attached hydrogens (primary N) is 1. The number of primary amides is 1. The molecule has 7 heteroatoms. The summed E-state index contributed by atoms with van der Waals surface area (Å²) in [6, 6.07) is 16.3. The van der Waals surface area contributed by atoms with E-state index in [0.29, 0.717) is 16.9 Å². The number of nitrogens with zero attached hydrogens (tertiary/aromatic N) is 2. The first-order valence-corrected chi connectivity index (χ1v) is 8.76. The third-order valence-electron chi connectivity index (χ3n) is 4.39. The SMILES string of the molecule is NC(=O)CN1C(=O)[C@]2(SCC(=O)N2c2ccccc2)c2ccccc21. The Morgan fingerprint density at radius 2 is 1.76 bits per heavy atom. The van der Waals surface area contributed by atoms with Crippen molar-refractivity contribution >= 4 is 40.9 Å². The first-order valence-electron chi connectivity index (χ1n) is 7.77. The van der Waals surface area contributed by atoms with Crippen molar-refractivity contribution in [2.45, 2.75) is 4.87 Å². The van der Waals surface area contributed by atoms with Gasteiger partial charge in [0.05, 0.1) is 11.4 Å². The summed E-state index contributed by atoms with van der Waals surface area (Å²) in [7, 11) is 0. The van der Waals surface area contributed by atoms with Crippen LogP contribution in [0.15, 0.2) is 54.6 Å². The first-order chi connectivity index (χ1) is 12.1. The fourth-order valence-corrected chi connectivity index (χ4v) is 4.80. The molecule has 6 nitrogen and oxygen atoms in total. The maximum Gasteiger partial charge on any atom is 0.269 e. The number of rotatable bonds is 3. The van der Waals surface area contributed by atoms with Gasteiger partial charge in [-0.05, 0) is 18.2 Å². The van der Waals surface area contributed by atoms with Crippen LogP contribution in [-0.2, 0) is 19.3 Å². The van der Waals surface area contributed by atoms with E-state index in [1.54, 1.807) is 29.2 Å². The van der Waals surface area contributed by atoms with Gasteiger partial charge < -0.3 is 5.73 Å². The zero-order valence-electron chi connectivity index (χ0n) is 13.2. The molecule has 1 saturated heterocycles. The molecule has 0 saturated carbocycles. The van der Waals surface area contributed by atoms with E-state index in [9.17, 15) is 14.4 Å². The monoisotopic (exact) mass is 353 g/mol. The number of benzene rings is 2. The molecule has 3 amide bonds. The van der Waals surface area contributed by atoms with Crippen LogP contribution in [0, 0.1) is 0 Å². The predicted molar refractivity (Wildman–Crippen MR) is 96.1 cm³/mol. The molecule has 1 atom stereocenters. The van der Waals surface area contributed by atoms with Gasteiger partial charge in [-0.1, -0.05) is 36.4 Å². The van der Waals surface area contributed by atoms with E-state index in [-0.39, 0.29) is 24.1 Å². The van der Waals surface area contributed by atoms with Crippen LogP contribution in [0.2, 0.25) is 0 Å². The molecule has 4 rings (SSSR count). The number of fused-ring (bicyclic) bond motifs is 2. The molecule has 2 N–H and O–H groups in total. The van der Waals surface area contributed by atoms with Crippen LogP contribution in [0.4, 0.5) is 11.4 Å². The summed E-state index contributed by atoms with van der Waals surface area (Å²) in [6.45, 7) is -0.213. The molecule has 0 aliphatic carbocycles. The molecule has 2 aromatic rings. The molecule has 2 aliphatic heterocycles. The molecule has 0 bridgehead atoms. The predicted octanol–water partition coefficient (Wildman–Crippen LogP) is 1.45. The second kappa shape index (κ2) is 5.63. The average Bonchev–Trinajstić information content (AvgIpc) is 3.07. The van der Waals surface area contributed by atoms with Crippen molar-refractivity contribution in [3.05, 3.63) is 60.2 Å². The molecule has 2 aliphatic rings. The van der Waals surface area contributed by atoms with Crippen LogP contribution in [-0.4, -0.2) is 30.0 Å². The lowest BCUT2D eigenvalue weighted by atomic mass is 10.0. The van der Waals surface area contributed by atoms with E-state index in [2.05, 4.69) is 0 Å². The maximum absolute atomic E-state index is 13.4. The zero-order valence-corrected chi connectivity index (χ0v) is 14.0. The Labute approximate surface area is 148 Å². The van der Waals surface area contributed by atoms with Gasteiger partial charge in [0.25, 0.3) is 5.91 Å². The molecular formula is C18H15N3O3S. The highest BCUT2D eigenvalue weighted by atomic mass is 32.2. The highest BCUT2D eigenvalue weighted by Gasteiger charge is 2.61. The minimum atomic E-state index is -1.19. The number of carbonyl (C=O) groups is 3. The van der Waals surface area contributed by atoms with E-state index in [1.165, 1.54) is 16.7 Å². The standard InChI is InChI=1S/C18H15N3O3S/c19-15(22)10-20-14-9-5-4-8-13(14)18(17(20)24)21(16(23)11-25-18)12-6-2-1-3-7-12/h1-9H,10-11H2,(H2,19,22)/t18-/m1/s1. The second-order valence-electron chi connectivity index (χ2n) is 5.87. The van der Waals surface area contributed by atoms with Crippen molar-refractivity contribution in [3.63, 3.8) is 0 Å². The Kier molecular flexibility index (Phi) is 3.54. The number of carbonyl (C=O) groups excluding carboxylic acids is 3. The molecule has 1 spiro atoms. The Hall–Kier alpha value is -2.80. The largest absolute Gasteiger partial charge is 0.368 e. The summed E-state index contributed by atoms with van der Waals surface area (Å²) >= 11 is 1.28. The van der Waals surface area contributed by atoms with Gasteiger partial charge in [0.15, 0.2) is 0 Å². The molecule has 0 unspecified atom stereocenters. The Balaban J connectivity index is 1.92. The topological polar surface area (TPSA) is 83.7 Å². The number of hydrogen-bond donors (Lipinski definition) is 1. The van der Waals surface area contributed by atoms with Gasteiger partial charge >= 0.3 is 0 Å². The average molecular weight is 353 g/mol. The summed E-state index contributed by atoms with van der Waals surface area (Å²) < 4.78 is 0. The van der Waals surface area contributed by atoms with E-state index >= 15 is 0 Å². The molecule has 126 valence electrons. The molecule has 0 aromatic heterocycles. The summed E-state index contributed by atoms with van der Waals surface area (Å²) in [4.78, 5) is 39.2. The van der Waals surface area contributed by atoms with Gasteiger partial charge in [-0.15, -0.1) is 11.8 Å². The minimum absolute atomic E-state index is 0.139. The Morgan fingerprint density at radius 3 is 2.48 bits per heavy atom. The fourth-order valence-electron chi connectivity index (χ4n) is 3.45. The van der Waals surface area contributed by atoms with Crippen LogP contribution in [0.1, 0.15) is 5.56 Å². The lowest BCUT2D eigenvalue weighted by molar-refractivity contribution is -0.125. The number of para-hydroxylation sites is 2. The van der Waals surface area contributed by atoms with Gasteiger partial charge in [-0.3, -0.25) is 24.2 Å². The molecule has 25 heavy (non-hydrogen) atoms. The van der Waals surface area contributed by atoms with Crippen molar-refractivity contribution < 1.29 is 14.4 Å². The lowest BCUT2D eigenvalue weighted by Gasteiger charge is -2.33. The van der Waals surface area contributed by atoms with Gasteiger partial charge in [-0.25, -0.2) is 0 Å². The van der Waals surface area contributed by atoms with Crippen molar-refractivity contribution in [2.24, 2.45) is 5.73 Å². The van der Waals surface area contributed by atoms with Crippen LogP contribution in [0.3, 0.4) is 0 Å². The summed E-state index contributed by atoms with van der Waals surface area (Å²) in [5.74, 6) is -0.854. The maximum atomic E-state index is 13.4. The van der Waals surface area contributed by atoms with Crippen LogP contribution >= 0.6 is 11.8 Å². The fraction of sp³-hybridized carbons (Fsp3) is 0.167. The summed E-state index contributed by atoms with van der Waals surface area (Å²) in [5.41, 5.74) is 7.31. The van der Waals surface area contributed by atoms with Gasteiger partial charge in [0.2, 0.25) is 16.7 Å². The second-order valence-corrected chi connectivity index (χ2v) is 7.04. The Bertz CT molecular complexity index is 886. The summed E-state index contributed by atoms with van der Waals surface area (Å²) in [6.07, 6.45) is 0. The number of hydrogen-bond acceptors (Lipinski definition) is 4. The van der Waals surface area contributed by atoms with Gasteiger partial charge in [0, 0.05) is 11.3 Å². The van der Waals surface area contributed by atoms with Gasteiger partial charge in [-0.2, -0.15) is 0 Å². The quantitative estimate of drug-likeness (QED) is 0.905. The van der Waals surface area contributed by atoms with Crippen LogP contribution in [0.5, 0.6) is 0 Å². The van der Waals surface area contributed by atoms with Crippen molar-refractivity contribution in [1.29, 1.82) is 0 Å². The smallest absolute Gasteiger partial charge is 0.269 e. The number of thioether (sulfide) groups is 1. The highest BCUT2D eigenvalue weighted by molar-refractivity contribution is 8.02. The van der Waals surface area contributed by atoms with E-state index < -0.39 is 10.8 Å². The van der Waals surface area contributed by atoms with Crippen molar-refractivity contribution in [3.8, 4) is 0 Å². The third kappa shape index (κ3) is 2.16. The van der Waals surface area contributed by atoms with Crippen LogP contribution < -0.4 is 15.5 Å². The third-order valence-corrected chi connectivity index (χ3v) is 5.78. The zero-order chi connectivity index (χ0) is 17.6. The highest BCUT2D eigenvalue weighted by Crippen LogP contribution is 2.55. The van der Waals surface area contributed by atoms with E-state index in [1.807, 2.05) is 30.3 Å². The minimum Gasteiger partial charge on any atom is -0.368 e. The van der Waals surface area contributed by atoms with Gasteiger partial charge in [0.1, 0.15) is 6.54 Å². The number of anilines is 2. The molecule has 1 fully saturated rings. The number of amides is 3. The summed E-state index contributed by atoms with van der Waals surface area (Å²) in [5, 5.41) is 0. The lowest BCUT2D eigenvalue weighted by Crippen LogP contribution is -2.51. The normalized spacial score (nSPS) is 21.9. The van der Waals surface area contributed by atoms with Crippen molar-refractivity contribution in [2.75, 3.05) is 22.1 Å². The molecular weight excluding hydrogens is 338 g/mol. The first kappa shape index (κ1) is 15.7. The molecule has 2 aromatic carbocycles. The van der Waals surface area contributed by atoms with E-state index in [0.717, 1.165) is 0 Å². The molecule has 2 heterocycles. The van der Waals surface area contributed by atoms with E-state index in [4.69, 9.17) is 5.73 Å². The molecule has 0 radical (unpaired) electrons. The van der Waals surface area contributed by atoms with Crippen LogP contribution in [0.25, 0.3) is 0 Å². The Morgan fingerprint density at radius 1 is 1.08 bits per heavy atom. The van der Waals surface area contributed by atoms with Crippen molar-refractivity contribution in [1.82, 2.24) is 0 Å².